The lowest BCUT2D eigenvalue weighted by Crippen LogP contribution is -2.19. The molecule has 0 saturated heterocycles. The number of halogens is 3. The minimum atomic E-state index is -1.00. The Labute approximate surface area is 181 Å². The number of nitrogen functional groups attached to an aromatic ring is 1. The third-order valence-corrected chi connectivity index (χ3v) is 4.80. The molecule has 0 spiro atoms. The predicted octanol–water partition coefficient (Wildman–Crippen LogP) is 3.98. The number of hydrogen-bond donors (Lipinski definition) is 2. The van der Waals surface area contributed by atoms with E-state index >= 15 is 0 Å². The molecule has 0 radical (unpaired) electrons. The van der Waals surface area contributed by atoms with Gasteiger partial charge in [0.15, 0.2) is 5.82 Å². The summed E-state index contributed by atoms with van der Waals surface area (Å²) in [6, 6.07) is 7.90. The molecule has 0 aliphatic rings. The Balaban J connectivity index is 1.81. The molecule has 0 atom stereocenters. The molecule has 7 nitrogen and oxygen atoms in total. The molecule has 0 fully saturated rings. The molecule has 1 aromatic carbocycles. The van der Waals surface area contributed by atoms with Gasteiger partial charge in [0.05, 0.1) is 5.52 Å². The van der Waals surface area contributed by atoms with Gasteiger partial charge in [-0.05, 0) is 12.1 Å². The maximum absolute atomic E-state index is 14.2. The predicted molar refractivity (Wildman–Crippen MR) is 113 cm³/mol. The number of nitrogens with one attached hydrogen (secondary N) is 1. The zero-order valence-electron chi connectivity index (χ0n) is 17.2. The van der Waals surface area contributed by atoms with Crippen molar-refractivity contribution in [2.75, 3.05) is 11.1 Å². The van der Waals surface area contributed by atoms with Crippen LogP contribution in [0.4, 0.5) is 24.8 Å². The van der Waals surface area contributed by atoms with Crippen molar-refractivity contribution in [1.29, 1.82) is 0 Å². The zero-order valence-corrected chi connectivity index (χ0v) is 17.2. The lowest BCUT2D eigenvalue weighted by atomic mass is 10.1. The van der Waals surface area contributed by atoms with Gasteiger partial charge in [-0.1, -0.05) is 19.9 Å². The second-order valence-electron chi connectivity index (χ2n) is 7.50. The van der Waals surface area contributed by atoms with Gasteiger partial charge in [-0.3, -0.25) is 4.79 Å². The van der Waals surface area contributed by atoms with Crippen LogP contribution in [0, 0.1) is 23.4 Å². The van der Waals surface area contributed by atoms with E-state index in [1.165, 1.54) is 6.07 Å². The number of rotatable bonds is 5. The third-order valence-electron chi connectivity index (χ3n) is 4.80. The van der Waals surface area contributed by atoms with Crippen LogP contribution >= 0.6 is 0 Å². The van der Waals surface area contributed by atoms with E-state index in [1.54, 1.807) is 42.6 Å². The van der Waals surface area contributed by atoms with E-state index in [2.05, 4.69) is 20.3 Å². The van der Waals surface area contributed by atoms with Crippen molar-refractivity contribution in [2.45, 2.75) is 20.3 Å². The van der Waals surface area contributed by atoms with Crippen molar-refractivity contribution < 1.29 is 18.0 Å². The Bertz CT molecular complexity index is 1310. The van der Waals surface area contributed by atoms with Crippen molar-refractivity contribution in [3.63, 3.8) is 0 Å². The number of carbonyl (C=O) groups excluding carboxylic acids is 1. The summed E-state index contributed by atoms with van der Waals surface area (Å²) in [6.07, 6.45) is 1.44. The number of imidazole rings is 1. The molecule has 3 aromatic heterocycles. The molecule has 0 unspecified atom stereocenters. The van der Waals surface area contributed by atoms with Crippen LogP contribution in [-0.4, -0.2) is 25.3 Å². The summed E-state index contributed by atoms with van der Waals surface area (Å²) < 4.78 is 43.4. The van der Waals surface area contributed by atoms with E-state index in [0.717, 1.165) is 0 Å². The normalized spacial score (nSPS) is 11.3. The van der Waals surface area contributed by atoms with E-state index in [9.17, 15) is 18.0 Å². The summed E-state index contributed by atoms with van der Waals surface area (Å²) >= 11 is 0. The Morgan fingerprint density at radius 2 is 1.81 bits per heavy atom. The first-order valence-corrected chi connectivity index (χ1v) is 9.78. The molecule has 32 heavy (non-hydrogen) atoms. The van der Waals surface area contributed by atoms with Gasteiger partial charge in [0.25, 0.3) is 0 Å². The SMILES string of the molecule is CC(C)C(=O)Nc1cc(N)nc(-c2nc(Cc3c(F)cc(F)cc3F)n3ccccc23)n1. The summed E-state index contributed by atoms with van der Waals surface area (Å²) in [6.45, 7) is 3.48. The topological polar surface area (TPSA) is 98.2 Å². The highest BCUT2D eigenvalue weighted by Gasteiger charge is 2.20. The van der Waals surface area contributed by atoms with Crippen molar-refractivity contribution in [1.82, 2.24) is 19.4 Å². The number of pyridine rings is 1. The van der Waals surface area contributed by atoms with Gasteiger partial charge in [0.2, 0.25) is 5.91 Å². The lowest BCUT2D eigenvalue weighted by Gasteiger charge is -2.08. The van der Waals surface area contributed by atoms with Crippen molar-refractivity contribution in [2.24, 2.45) is 5.92 Å². The highest BCUT2D eigenvalue weighted by molar-refractivity contribution is 5.91. The molecule has 0 bridgehead atoms. The Hall–Kier alpha value is -3.95. The van der Waals surface area contributed by atoms with E-state index in [4.69, 9.17) is 5.73 Å². The van der Waals surface area contributed by atoms with Gasteiger partial charge >= 0.3 is 0 Å². The maximum atomic E-state index is 14.2. The summed E-state index contributed by atoms with van der Waals surface area (Å²) in [5, 5.41) is 2.67. The Morgan fingerprint density at radius 3 is 2.50 bits per heavy atom. The average molecular weight is 440 g/mol. The summed E-state index contributed by atoms with van der Waals surface area (Å²) in [5.41, 5.74) is 6.47. The minimum Gasteiger partial charge on any atom is -0.384 e. The fourth-order valence-corrected chi connectivity index (χ4v) is 3.20. The van der Waals surface area contributed by atoms with E-state index in [0.29, 0.717) is 29.2 Å². The largest absolute Gasteiger partial charge is 0.384 e. The molecule has 0 aliphatic carbocycles. The quantitative estimate of drug-likeness (QED) is 0.489. The van der Waals surface area contributed by atoms with Crippen LogP contribution in [-0.2, 0) is 11.2 Å². The number of benzene rings is 1. The standard InChI is InChI=1S/C22H19F3N6O/c1-11(2)22(32)29-18-10-17(26)27-21(28-18)20-16-5-3-4-6-31(16)19(30-20)9-13-14(24)7-12(23)8-15(13)25/h3-8,10-11H,9H2,1-2H3,(H3,26,27,28,29,32). The third kappa shape index (κ3) is 4.11. The van der Waals surface area contributed by atoms with Gasteiger partial charge in [-0.2, -0.15) is 0 Å². The number of nitrogens with two attached hydrogens (primary N) is 1. The van der Waals surface area contributed by atoms with Crippen molar-refractivity contribution >= 4 is 23.1 Å². The first-order valence-electron chi connectivity index (χ1n) is 9.78. The van der Waals surface area contributed by atoms with Crippen LogP contribution < -0.4 is 11.1 Å². The molecule has 0 aliphatic heterocycles. The molecule has 164 valence electrons. The van der Waals surface area contributed by atoms with Crippen LogP contribution in [0.1, 0.15) is 25.2 Å². The summed E-state index contributed by atoms with van der Waals surface area (Å²) in [5.74, 6) is -2.77. The first kappa shape index (κ1) is 21.3. The number of aromatic nitrogens is 4. The van der Waals surface area contributed by atoms with Gasteiger partial charge in [0, 0.05) is 42.3 Å². The number of fused-ring (bicyclic) bond motifs is 1. The van der Waals surface area contributed by atoms with Crippen LogP contribution in [0.25, 0.3) is 17.0 Å². The molecule has 4 rings (SSSR count). The van der Waals surface area contributed by atoms with Crippen LogP contribution in [0.3, 0.4) is 0 Å². The van der Waals surface area contributed by atoms with E-state index in [-0.39, 0.29) is 41.3 Å². The molecule has 1 amide bonds. The van der Waals surface area contributed by atoms with Gasteiger partial charge in [0.1, 0.15) is 40.6 Å². The van der Waals surface area contributed by atoms with Crippen LogP contribution in [0.15, 0.2) is 42.6 Å². The molecule has 10 heteroatoms. The Morgan fingerprint density at radius 1 is 1.09 bits per heavy atom. The maximum Gasteiger partial charge on any atom is 0.228 e. The Kier molecular flexibility index (Phi) is 5.52. The van der Waals surface area contributed by atoms with E-state index in [1.807, 2.05) is 0 Å². The molecule has 3 heterocycles. The fraction of sp³-hybridized carbons (Fsp3) is 0.182. The highest BCUT2D eigenvalue weighted by Crippen LogP contribution is 2.27. The summed E-state index contributed by atoms with van der Waals surface area (Å²) in [4.78, 5) is 25.1. The monoisotopic (exact) mass is 440 g/mol. The average Bonchev–Trinajstić information content (AvgIpc) is 3.09. The molecular weight excluding hydrogens is 421 g/mol. The minimum absolute atomic E-state index is 0.114. The summed E-state index contributed by atoms with van der Waals surface area (Å²) in [7, 11) is 0. The van der Waals surface area contributed by atoms with Gasteiger partial charge < -0.3 is 15.5 Å². The van der Waals surface area contributed by atoms with Crippen LogP contribution in [0.2, 0.25) is 0 Å². The molecular formula is C22H19F3N6O. The van der Waals surface area contributed by atoms with E-state index < -0.39 is 17.5 Å². The lowest BCUT2D eigenvalue weighted by molar-refractivity contribution is -0.118. The number of carbonyl (C=O) groups is 1. The van der Waals surface area contributed by atoms with Gasteiger partial charge in [-0.15, -0.1) is 0 Å². The smallest absolute Gasteiger partial charge is 0.228 e. The molecule has 0 saturated carbocycles. The molecule has 3 N–H and O–H groups in total. The van der Waals surface area contributed by atoms with Crippen molar-refractivity contribution in [3.05, 3.63) is 71.4 Å². The second-order valence-corrected chi connectivity index (χ2v) is 7.50. The first-order chi connectivity index (χ1) is 15.2. The fourth-order valence-electron chi connectivity index (χ4n) is 3.20. The molecule has 4 aromatic rings. The van der Waals surface area contributed by atoms with Crippen LogP contribution in [0.5, 0.6) is 0 Å². The number of hydrogen-bond acceptors (Lipinski definition) is 5. The zero-order chi connectivity index (χ0) is 23.0. The number of anilines is 2. The highest BCUT2D eigenvalue weighted by atomic mass is 19.1. The second kappa shape index (κ2) is 8.29. The van der Waals surface area contributed by atoms with Crippen molar-refractivity contribution in [3.8, 4) is 11.5 Å². The number of amides is 1. The van der Waals surface area contributed by atoms with Gasteiger partial charge in [-0.25, -0.2) is 28.1 Å². The number of nitrogens with zero attached hydrogens (tertiary/aromatic N) is 4.